The van der Waals surface area contributed by atoms with Gasteiger partial charge in [-0.3, -0.25) is 0 Å². The summed E-state index contributed by atoms with van der Waals surface area (Å²) < 4.78 is 26.8. The maximum Gasteiger partial charge on any atom is 0.408 e. The van der Waals surface area contributed by atoms with Crippen LogP contribution in [0.2, 0.25) is 0 Å². The molecule has 1 atom stereocenters. The van der Waals surface area contributed by atoms with Gasteiger partial charge in [0.2, 0.25) is 6.42 Å². The van der Waals surface area contributed by atoms with Crippen LogP contribution >= 0.6 is 18.9 Å². The normalized spacial score (nSPS) is 15.8. The number of hydrogen-bond donors (Lipinski definition) is 1. The van der Waals surface area contributed by atoms with Crippen molar-refractivity contribution in [2.45, 2.75) is 0 Å². The third-order valence-electron chi connectivity index (χ3n) is 0.879. The fourth-order valence-electron chi connectivity index (χ4n) is 0.480. The molecule has 62 valence electrons. The zero-order chi connectivity index (χ0) is 8.32. The Bertz CT molecular complexity index is 261. The van der Waals surface area contributed by atoms with Gasteiger partial charge in [0.1, 0.15) is 0 Å². The van der Waals surface area contributed by atoms with Gasteiger partial charge in [0.25, 0.3) is 0 Å². The Morgan fingerprint density at radius 2 is 2.55 bits per heavy atom. The van der Waals surface area contributed by atoms with Crippen LogP contribution in [0, 0.1) is 0 Å². The topological polar surface area (TPSA) is 46.5 Å². The quantitative estimate of drug-likeness (QED) is 0.754. The lowest BCUT2D eigenvalue weighted by Crippen LogP contribution is -1.90. The van der Waals surface area contributed by atoms with E-state index < -0.39 is 14.0 Å². The van der Waals surface area contributed by atoms with E-state index in [4.69, 9.17) is 4.89 Å². The molecule has 6 heteroatoms. The Hall–Kier alpha value is -0.380. The highest BCUT2D eigenvalue weighted by Crippen LogP contribution is 2.43. The van der Waals surface area contributed by atoms with Gasteiger partial charge in [-0.25, -0.2) is 8.96 Å². The molecule has 0 amide bonds. The fraction of sp³-hybridized carbons (Fsp3) is 0.200. The van der Waals surface area contributed by atoms with E-state index in [-0.39, 0.29) is 5.06 Å². The molecule has 0 saturated carbocycles. The van der Waals surface area contributed by atoms with Gasteiger partial charge in [-0.1, -0.05) is 0 Å². The second kappa shape index (κ2) is 3.34. The summed E-state index contributed by atoms with van der Waals surface area (Å²) in [5, 5.41) is 1.93. The molecule has 0 radical (unpaired) electrons. The van der Waals surface area contributed by atoms with Crippen molar-refractivity contribution in [1.29, 1.82) is 0 Å². The maximum atomic E-state index is 11.7. The summed E-state index contributed by atoms with van der Waals surface area (Å²) in [6.45, 7) is 0. The van der Waals surface area contributed by atoms with Gasteiger partial charge in [-0.15, -0.1) is 11.3 Å². The molecule has 0 spiro atoms. The summed E-state index contributed by atoms with van der Waals surface area (Å²) in [4.78, 5) is 8.66. The second-order valence-electron chi connectivity index (χ2n) is 1.78. The third kappa shape index (κ3) is 2.61. The second-order valence-corrected chi connectivity index (χ2v) is 4.39. The van der Waals surface area contributed by atoms with Gasteiger partial charge >= 0.3 is 7.60 Å². The van der Waals surface area contributed by atoms with Gasteiger partial charge in [-0.2, -0.15) is 0 Å². The molecule has 0 aliphatic heterocycles. The van der Waals surface area contributed by atoms with Crippen molar-refractivity contribution < 1.29 is 18.4 Å². The number of alkyl halides is 1. The van der Waals surface area contributed by atoms with Gasteiger partial charge in [0, 0.05) is 0 Å². The first-order chi connectivity index (χ1) is 5.14. The van der Waals surface area contributed by atoms with Crippen LogP contribution in [0.4, 0.5) is 4.39 Å². The summed E-state index contributed by atoms with van der Waals surface area (Å²) in [6, 6.07) is 3.15. The van der Waals surface area contributed by atoms with Crippen molar-refractivity contribution in [1.82, 2.24) is 0 Å². The maximum absolute atomic E-state index is 11.7. The lowest BCUT2D eigenvalue weighted by atomic mass is 10.7. The molecule has 1 aromatic rings. The minimum atomic E-state index is -4.02. The molecule has 0 aliphatic carbocycles. The predicted octanol–water partition coefficient (Wildman–Crippen LogP) is 2.24. The fourth-order valence-corrected chi connectivity index (χ4v) is 1.84. The Labute approximate surface area is 67.0 Å². The molecule has 0 aliphatic rings. The molecule has 0 fully saturated rings. The van der Waals surface area contributed by atoms with Crippen molar-refractivity contribution in [2.75, 3.05) is 6.42 Å². The molecule has 1 rings (SSSR count). The average Bonchev–Trinajstić information content (AvgIpc) is 2.39. The first kappa shape index (κ1) is 8.71. The molecule has 1 aromatic heterocycles. The Kier molecular flexibility index (Phi) is 2.65. The third-order valence-corrected chi connectivity index (χ3v) is 2.53. The zero-order valence-corrected chi connectivity index (χ0v) is 7.15. The van der Waals surface area contributed by atoms with E-state index in [1.165, 1.54) is 6.07 Å². The van der Waals surface area contributed by atoms with Crippen LogP contribution in [0.1, 0.15) is 0 Å². The van der Waals surface area contributed by atoms with Crippen molar-refractivity contribution in [3.63, 3.8) is 0 Å². The lowest BCUT2D eigenvalue weighted by Gasteiger charge is -2.06. The minimum Gasteiger partial charge on any atom is -0.412 e. The van der Waals surface area contributed by atoms with Crippen LogP contribution in [-0.4, -0.2) is 11.3 Å². The van der Waals surface area contributed by atoms with E-state index in [1.54, 1.807) is 11.4 Å². The van der Waals surface area contributed by atoms with E-state index in [2.05, 4.69) is 4.52 Å². The molecule has 11 heavy (non-hydrogen) atoms. The molecule has 0 saturated heterocycles. The Morgan fingerprint density at radius 3 is 3.00 bits per heavy atom. The summed E-state index contributed by atoms with van der Waals surface area (Å²) in [7, 11) is -4.02. The smallest absolute Gasteiger partial charge is 0.408 e. The largest absolute Gasteiger partial charge is 0.412 e. The van der Waals surface area contributed by atoms with E-state index >= 15 is 0 Å². The number of hydrogen-bond acceptors (Lipinski definition) is 3. The molecule has 1 heterocycles. The monoisotopic (exact) mass is 196 g/mol. The van der Waals surface area contributed by atoms with Gasteiger partial charge < -0.3 is 9.42 Å². The molecular weight excluding hydrogens is 190 g/mol. The summed E-state index contributed by atoms with van der Waals surface area (Å²) in [5.41, 5.74) is 0. The number of halogens is 1. The van der Waals surface area contributed by atoms with Crippen molar-refractivity contribution in [2.24, 2.45) is 0 Å². The first-order valence-electron chi connectivity index (χ1n) is 2.75. The van der Waals surface area contributed by atoms with Gasteiger partial charge in [-0.05, 0) is 17.5 Å². The van der Waals surface area contributed by atoms with Crippen LogP contribution in [0.3, 0.4) is 0 Å². The summed E-state index contributed by atoms with van der Waals surface area (Å²) in [5.74, 6) is 0. The van der Waals surface area contributed by atoms with Crippen molar-refractivity contribution in [3.05, 3.63) is 17.5 Å². The molecule has 0 bridgehead atoms. The Balaban J connectivity index is 2.63. The van der Waals surface area contributed by atoms with E-state index in [1.807, 2.05) is 0 Å². The standard InChI is InChI=1S/C5H6FO3PS/c6-4-10(7,8)9-5-2-1-3-11-5/h1-3H,4H2,(H,7,8). The highest BCUT2D eigenvalue weighted by molar-refractivity contribution is 7.53. The van der Waals surface area contributed by atoms with E-state index in [0.29, 0.717) is 0 Å². The average molecular weight is 196 g/mol. The van der Waals surface area contributed by atoms with E-state index in [9.17, 15) is 8.96 Å². The molecule has 1 N–H and O–H groups in total. The van der Waals surface area contributed by atoms with Crippen LogP contribution in [0.25, 0.3) is 0 Å². The number of thiophene rings is 1. The van der Waals surface area contributed by atoms with Gasteiger partial charge in [0.15, 0.2) is 5.06 Å². The van der Waals surface area contributed by atoms with Crippen LogP contribution in [-0.2, 0) is 4.57 Å². The van der Waals surface area contributed by atoms with E-state index in [0.717, 1.165) is 11.3 Å². The highest BCUT2D eigenvalue weighted by atomic mass is 32.1. The Morgan fingerprint density at radius 1 is 1.82 bits per heavy atom. The minimum absolute atomic E-state index is 0.258. The summed E-state index contributed by atoms with van der Waals surface area (Å²) >= 11 is 1.14. The first-order valence-corrected chi connectivity index (χ1v) is 5.39. The van der Waals surface area contributed by atoms with Crippen molar-refractivity contribution >= 4 is 18.9 Å². The number of rotatable bonds is 3. The summed E-state index contributed by atoms with van der Waals surface area (Å²) in [6.07, 6.45) is -1.36. The molecule has 0 aromatic carbocycles. The van der Waals surface area contributed by atoms with Gasteiger partial charge in [0.05, 0.1) is 0 Å². The van der Waals surface area contributed by atoms with Crippen LogP contribution < -0.4 is 4.52 Å². The molecule has 1 unspecified atom stereocenters. The predicted molar refractivity (Wildman–Crippen MR) is 40.7 cm³/mol. The van der Waals surface area contributed by atoms with Crippen LogP contribution in [0.15, 0.2) is 17.5 Å². The van der Waals surface area contributed by atoms with Crippen LogP contribution in [0.5, 0.6) is 5.06 Å². The lowest BCUT2D eigenvalue weighted by molar-refractivity contribution is 0.358. The van der Waals surface area contributed by atoms with Crippen molar-refractivity contribution in [3.8, 4) is 5.06 Å². The molecule has 3 nitrogen and oxygen atoms in total. The highest BCUT2D eigenvalue weighted by Gasteiger charge is 2.20. The SMILES string of the molecule is O=P(O)(CF)Oc1cccs1. The molecular formula is C5H6FO3PS. The zero-order valence-electron chi connectivity index (χ0n) is 5.44.